The molecule has 2 N–H and O–H groups in total. The summed E-state index contributed by atoms with van der Waals surface area (Å²) in [5, 5.41) is 7.38. The lowest BCUT2D eigenvalue weighted by Gasteiger charge is -2.18. The van der Waals surface area contributed by atoms with Gasteiger partial charge in [-0.15, -0.1) is 11.3 Å². The van der Waals surface area contributed by atoms with Gasteiger partial charge in [-0.25, -0.2) is 9.78 Å². The molecule has 0 spiro atoms. The summed E-state index contributed by atoms with van der Waals surface area (Å²) in [6, 6.07) is 16.9. The lowest BCUT2D eigenvalue weighted by atomic mass is 9.88. The lowest BCUT2D eigenvalue weighted by Crippen LogP contribution is -2.34. The Morgan fingerprint density at radius 2 is 1.95 bits per heavy atom. The van der Waals surface area contributed by atoms with Gasteiger partial charge < -0.3 is 14.8 Å². The van der Waals surface area contributed by atoms with Gasteiger partial charge in [0.25, 0.3) is 5.91 Å². The number of amides is 1. The van der Waals surface area contributed by atoms with Crippen molar-refractivity contribution in [1.82, 2.24) is 10.3 Å². The molecule has 41 heavy (non-hydrogen) atoms. The van der Waals surface area contributed by atoms with E-state index in [1.54, 1.807) is 13.0 Å². The molecule has 2 heterocycles. The number of thiophene rings is 1. The number of thiocarbonyl (C=S) groups is 1. The number of hydrogen-bond donors (Lipinski definition) is 2. The number of ether oxygens (including phenoxy) is 2. The van der Waals surface area contributed by atoms with E-state index in [-0.39, 0.29) is 29.7 Å². The van der Waals surface area contributed by atoms with Crippen LogP contribution in [0.1, 0.15) is 65.3 Å². The number of pyridine rings is 1. The largest absolute Gasteiger partial charge is 0.491 e. The molecule has 0 saturated heterocycles. The van der Waals surface area contributed by atoms with Crippen LogP contribution >= 0.6 is 23.6 Å². The second-order valence-corrected chi connectivity index (χ2v) is 12.0. The van der Waals surface area contributed by atoms with E-state index in [9.17, 15) is 9.59 Å². The molecule has 0 bridgehead atoms. The van der Waals surface area contributed by atoms with Gasteiger partial charge in [0.15, 0.2) is 5.11 Å². The summed E-state index contributed by atoms with van der Waals surface area (Å²) in [6.07, 6.45) is 2.77. The number of hydrogen-bond acceptors (Lipinski definition) is 7. The number of para-hydroxylation sites is 1. The number of benzene rings is 2. The van der Waals surface area contributed by atoms with Crippen LogP contribution in [0, 0.1) is 5.92 Å². The predicted octanol–water partition coefficient (Wildman–Crippen LogP) is 7.18. The Balaban J connectivity index is 1.43. The SMILES string of the molecule is CCOC(=O)c1c(NC(=S)NC(=O)c2cc(-c3cccc(OC(C)C)c3)nc3ccccc23)sc2c1CC[C@H](C)C2. The van der Waals surface area contributed by atoms with E-state index in [0.717, 1.165) is 41.0 Å². The molecule has 1 aliphatic rings. The van der Waals surface area contributed by atoms with Crippen molar-refractivity contribution in [1.29, 1.82) is 0 Å². The van der Waals surface area contributed by atoms with Crippen molar-refractivity contribution in [3.05, 3.63) is 76.2 Å². The minimum Gasteiger partial charge on any atom is -0.491 e. The fraction of sp³-hybridized carbons (Fsp3) is 0.312. The normalized spacial score (nSPS) is 14.4. The number of nitrogens with one attached hydrogen (secondary N) is 2. The van der Waals surface area contributed by atoms with Crippen molar-refractivity contribution in [3.63, 3.8) is 0 Å². The first kappa shape index (κ1) is 28.7. The molecule has 9 heteroatoms. The molecule has 0 saturated carbocycles. The van der Waals surface area contributed by atoms with Crippen LogP contribution in [0.15, 0.2) is 54.6 Å². The van der Waals surface area contributed by atoms with Crippen LogP contribution in [0.5, 0.6) is 5.75 Å². The van der Waals surface area contributed by atoms with Crippen LogP contribution in [0.3, 0.4) is 0 Å². The molecule has 0 radical (unpaired) electrons. The van der Waals surface area contributed by atoms with Crippen LogP contribution in [-0.4, -0.2) is 34.7 Å². The third-order valence-electron chi connectivity index (χ3n) is 6.91. The molecule has 4 aromatic rings. The Labute approximate surface area is 249 Å². The Hall–Kier alpha value is -3.82. The maximum absolute atomic E-state index is 13.6. The molecule has 0 fully saturated rings. The first-order valence-corrected chi connectivity index (χ1v) is 15.1. The molecule has 2 aromatic heterocycles. The van der Waals surface area contributed by atoms with Crippen molar-refractivity contribution >= 4 is 56.4 Å². The average molecular weight is 588 g/mol. The standard InChI is InChI=1S/C32H33N3O4S2/c1-5-38-31(37)28-23-14-13-19(4)15-27(23)41-30(28)35-32(40)34-29(36)24-17-26(33-25-12-7-6-11-22(24)25)20-9-8-10-21(16-20)39-18(2)3/h6-12,16-19H,5,13-15H2,1-4H3,(H2,34,35,36,40)/t19-/m0/s1. The van der Waals surface area contributed by atoms with Crippen molar-refractivity contribution in [2.24, 2.45) is 5.92 Å². The number of rotatable bonds is 7. The zero-order chi connectivity index (χ0) is 29.1. The molecule has 7 nitrogen and oxygen atoms in total. The second-order valence-electron chi connectivity index (χ2n) is 10.5. The molecule has 1 aliphatic carbocycles. The number of anilines is 1. The van der Waals surface area contributed by atoms with Gasteiger partial charge >= 0.3 is 5.97 Å². The Kier molecular flexibility index (Phi) is 8.65. The molecular weight excluding hydrogens is 555 g/mol. The molecule has 0 unspecified atom stereocenters. The van der Waals surface area contributed by atoms with Gasteiger partial charge in [0, 0.05) is 15.8 Å². The Morgan fingerprint density at radius 1 is 1.15 bits per heavy atom. The minimum absolute atomic E-state index is 0.0336. The van der Waals surface area contributed by atoms with Crippen molar-refractivity contribution < 1.29 is 19.1 Å². The third kappa shape index (κ3) is 6.41. The van der Waals surface area contributed by atoms with E-state index >= 15 is 0 Å². The van der Waals surface area contributed by atoms with Crippen LogP contribution < -0.4 is 15.4 Å². The number of fused-ring (bicyclic) bond motifs is 2. The lowest BCUT2D eigenvalue weighted by molar-refractivity contribution is 0.0526. The number of carbonyl (C=O) groups excluding carboxylic acids is 2. The van der Waals surface area contributed by atoms with Gasteiger partial charge in [0.1, 0.15) is 10.8 Å². The van der Waals surface area contributed by atoms with E-state index in [1.807, 2.05) is 62.4 Å². The zero-order valence-corrected chi connectivity index (χ0v) is 25.2. The minimum atomic E-state index is -0.371. The van der Waals surface area contributed by atoms with Gasteiger partial charge in [-0.3, -0.25) is 10.1 Å². The van der Waals surface area contributed by atoms with Gasteiger partial charge in [-0.1, -0.05) is 37.3 Å². The fourth-order valence-electron chi connectivity index (χ4n) is 5.07. The number of nitrogens with zero attached hydrogens (tertiary/aromatic N) is 1. The highest BCUT2D eigenvalue weighted by Crippen LogP contribution is 2.40. The number of carbonyl (C=O) groups is 2. The maximum atomic E-state index is 13.6. The van der Waals surface area contributed by atoms with Gasteiger partial charge in [-0.2, -0.15) is 0 Å². The summed E-state index contributed by atoms with van der Waals surface area (Å²) in [6.45, 7) is 8.23. The van der Waals surface area contributed by atoms with E-state index < -0.39 is 0 Å². The monoisotopic (exact) mass is 587 g/mol. The highest BCUT2D eigenvalue weighted by Gasteiger charge is 2.29. The average Bonchev–Trinajstić information content (AvgIpc) is 3.28. The van der Waals surface area contributed by atoms with Crippen LogP contribution in [0.25, 0.3) is 22.2 Å². The van der Waals surface area contributed by atoms with Crippen molar-refractivity contribution in [2.45, 2.75) is 53.1 Å². The first-order valence-electron chi connectivity index (χ1n) is 13.8. The van der Waals surface area contributed by atoms with Crippen molar-refractivity contribution in [3.8, 4) is 17.0 Å². The molecule has 2 aromatic carbocycles. The molecular formula is C32H33N3O4S2. The maximum Gasteiger partial charge on any atom is 0.341 e. The smallest absolute Gasteiger partial charge is 0.341 e. The fourth-order valence-corrected chi connectivity index (χ4v) is 6.74. The van der Waals surface area contributed by atoms with Crippen LogP contribution in [-0.2, 0) is 17.6 Å². The van der Waals surface area contributed by atoms with Crippen LogP contribution in [0.2, 0.25) is 0 Å². The topological polar surface area (TPSA) is 89.6 Å². The molecule has 212 valence electrons. The summed E-state index contributed by atoms with van der Waals surface area (Å²) in [4.78, 5) is 32.5. The summed E-state index contributed by atoms with van der Waals surface area (Å²) < 4.78 is 11.2. The summed E-state index contributed by atoms with van der Waals surface area (Å²) in [7, 11) is 0. The van der Waals surface area contributed by atoms with Gasteiger partial charge in [0.2, 0.25) is 0 Å². The van der Waals surface area contributed by atoms with E-state index in [1.165, 1.54) is 11.3 Å². The number of aromatic nitrogens is 1. The van der Waals surface area contributed by atoms with Crippen molar-refractivity contribution in [2.75, 3.05) is 11.9 Å². The summed E-state index contributed by atoms with van der Waals surface area (Å²) in [5.74, 6) is 0.533. The van der Waals surface area contributed by atoms with E-state index in [2.05, 4.69) is 17.6 Å². The molecule has 5 rings (SSSR count). The van der Waals surface area contributed by atoms with Crippen LogP contribution in [0.4, 0.5) is 5.00 Å². The Bertz CT molecular complexity index is 1630. The zero-order valence-electron chi connectivity index (χ0n) is 23.6. The quantitative estimate of drug-likeness (QED) is 0.175. The highest BCUT2D eigenvalue weighted by molar-refractivity contribution is 7.80. The summed E-state index contributed by atoms with van der Waals surface area (Å²) in [5.41, 5.74) is 4.16. The summed E-state index contributed by atoms with van der Waals surface area (Å²) >= 11 is 7.08. The Morgan fingerprint density at radius 3 is 2.73 bits per heavy atom. The molecule has 1 amide bonds. The number of esters is 1. The molecule has 1 atom stereocenters. The molecule has 0 aliphatic heterocycles. The van der Waals surface area contributed by atoms with Gasteiger partial charge in [0.05, 0.1) is 35.0 Å². The first-order chi connectivity index (χ1) is 19.7. The predicted molar refractivity (Wildman–Crippen MR) is 168 cm³/mol. The van der Waals surface area contributed by atoms with Gasteiger partial charge in [-0.05, 0) is 88.0 Å². The highest BCUT2D eigenvalue weighted by atomic mass is 32.1. The third-order valence-corrected chi connectivity index (χ3v) is 8.28. The van der Waals surface area contributed by atoms with E-state index in [0.29, 0.717) is 38.6 Å². The second kappa shape index (κ2) is 12.4. The van der Waals surface area contributed by atoms with E-state index in [4.69, 9.17) is 26.7 Å².